The number of rotatable bonds is 5. The SMILES string of the molecule is CCc1ccccc1CC(=O)N[C@@H]1CC[C@H](C(=O)O)C1. The highest BCUT2D eigenvalue weighted by Crippen LogP contribution is 2.25. The molecule has 4 nitrogen and oxygen atoms in total. The molecule has 1 saturated carbocycles. The fourth-order valence-corrected chi connectivity index (χ4v) is 2.86. The van der Waals surface area contributed by atoms with Crippen molar-refractivity contribution in [3.8, 4) is 0 Å². The predicted octanol–water partition coefficient (Wildman–Crippen LogP) is 2.16. The molecule has 0 spiro atoms. The molecule has 1 aliphatic carbocycles. The molecular weight excluding hydrogens is 254 g/mol. The quantitative estimate of drug-likeness (QED) is 0.865. The number of nitrogens with one attached hydrogen (secondary N) is 1. The van der Waals surface area contributed by atoms with E-state index in [4.69, 9.17) is 5.11 Å². The third kappa shape index (κ3) is 3.59. The lowest BCUT2D eigenvalue weighted by atomic mass is 10.0. The Morgan fingerprint density at radius 2 is 1.95 bits per heavy atom. The normalized spacial score (nSPS) is 21.6. The fourth-order valence-electron chi connectivity index (χ4n) is 2.86. The standard InChI is InChI=1S/C16H21NO3/c1-2-11-5-3-4-6-12(11)10-15(18)17-14-8-7-13(9-14)16(19)20/h3-6,13-14H,2,7-10H2,1H3,(H,17,18)(H,19,20)/t13-,14+/m0/s1. The van der Waals surface area contributed by atoms with Crippen LogP contribution in [0.2, 0.25) is 0 Å². The zero-order valence-electron chi connectivity index (χ0n) is 11.8. The summed E-state index contributed by atoms with van der Waals surface area (Å²) >= 11 is 0. The van der Waals surface area contributed by atoms with Crippen LogP contribution in [0.1, 0.15) is 37.3 Å². The summed E-state index contributed by atoms with van der Waals surface area (Å²) in [6.07, 6.45) is 3.26. The number of hydrogen-bond acceptors (Lipinski definition) is 2. The minimum atomic E-state index is -0.752. The first-order valence-corrected chi connectivity index (χ1v) is 7.19. The molecule has 0 heterocycles. The molecule has 0 saturated heterocycles. The number of carbonyl (C=O) groups is 2. The summed E-state index contributed by atoms with van der Waals surface area (Å²) in [5, 5.41) is 11.9. The first-order valence-electron chi connectivity index (χ1n) is 7.19. The maximum Gasteiger partial charge on any atom is 0.306 e. The molecule has 1 amide bonds. The molecule has 108 valence electrons. The number of amides is 1. The maximum absolute atomic E-state index is 12.1. The number of aliphatic carboxylic acids is 1. The average Bonchev–Trinajstić information content (AvgIpc) is 2.88. The molecule has 1 aromatic carbocycles. The maximum atomic E-state index is 12.1. The zero-order chi connectivity index (χ0) is 14.5. The molecule has 2 rings (SSSR count). The van der Waals surface area contributed by atoms with Crippen molar-refractivity contribution in [2.24, 2.45) is 5.92 Å². The fraction of sp³-hybridized carbons (Fsp3) is 0.500. The monoisotopic (exact) mass is 275 g/mol. The second-order valence-corrected chi connectivity index (χ2v) is 5.41. The van der Waals surface area contributed by atoms with Crippen molar-refractivity contribution < 1.29 is 14.7 Å². The van der Waals surface area contributed by atoms with Crippen LogP contribution in [0.3, 0.4) is 0 Å². The van der Waals surface area contributed by atoms with Crippen LogP contribution >= 0.6 is 0 Å². The number of carboxylic acids is 1. The van der Waals surface area contributed by atoms with Crippen LogP contribution in [-0.2, 0) is 22.4 Å². The summed E-state index contributed by atoms with van der Waals surface area (Å²) in [6.45, 7) is 2.07. The van der Waals surface area contributed by atoms with E-state index in [1.807, 2.05) is 24.3 Å². The average molecular weight is 275 g/mol. The van der Waals surface area contributed by atoms with Gasteiger partial charge < -0.3 is 10.4 Å². The molecule has 1 aliphatic rings. The highest BCUT2D eigenvalue weighted by atomic mass is 16.4. The van der Waals surface area contributed by atoms with Gasteiger partial charge in [0.05, 0.1) is 12.3 Å². The van der Waals surface area contributed by atoms with Crippen molar-refractivity contribution in [3.05, 3.63) is 35.4 Å². The molecule has 2 atom stereocenters. The van der Waals surface area contributed by atoms with Crippen molar-refractivity contribution in [1.82, 2.24) is 5.32 Å². The lowest BCUT2D eigenvalue weighted by Gasteiger charge is -2.13. The van der Waals surface area contributed by atoms with E-state index in [1.54, 1.807) is 0 Å². The van der Waals surface area contributed by atoms with Crippen LogP contribution < -0.4 is 5.32 Å². The summed E-state index contributed by atoms with van der Waals surface area (Å²) in [6, 6.07) is 7.95. The topological polar surface area (TPSA) is 66.4 Å². The summed E-state index contributed by atoms with van der Waals surface area (Å²) < 4.78 is 0. The van der Waals surface area contributed by atoms with Gasteiger partial charge in [-0.15, -0.1) is 0 Å². The number of benzene rings is 1. The lowest BCUT2D eigenvalue weighted by Crippen LogP contribution is -2.34. The first kappa shape index (κ1) is 14.6. The second kappa shape index (κ2) is 6.55. The van der Waals surface area contributed by atoms with Crippen LogP contribution in [0.4, 0.5) is 0 Å². The van der Waals surface area contributed by atoms with E-state index in [0.29, 0.717) is 19.3 Å². The molecular formula is C16H21NO3. The predicted molar refractivity (Wildman–Crippen MR) is 76.4 cm³/mol. The van der Waals surface area contributed by atoms with E-state index in [-0.39, 0.29) is 17.9 Å². The van der Waals surface area contributed by atoms with Crippen LogP contribution in [-0.4, -0.2) is 23.0 Å². The van der Waals surface area contributed by atoms with Crippen molar-refractivity contribution in [2.45, 2.75) is 45.1 Å². The molecule has 0 aromatic heterocycles. The Hall–Kier alpha value is -1.84. The van der Waals surface area contributed by atoms with Gasteiger partial charge in [0.1, 0.15) is 0 Å². The van der Waals surface area contributed by atoms with Crippen LogP contribution in [0.15, 0.2) is 24.3 Å². The van der Waals surface area contributed by atoms with Gasteiger partial charge in [-0.2, -0.15) is 0 Å². The lowest BCUT2D eigenvalue weighted by molar-refractivity contribution is -0.141. The molecule has 0 aliphatic heterocycles. The minimum absolute atomic E-state index is 0.0115. The molecule has 0 unspecified atom stereocenters. The molecule has 0 radical (unpaired) electrons. The Balaban J connectivity index is 1.89. The van der Waals surface area contributed by atoms with Gasteiger partial charge in [-0.1, -0.05) is 31.2 Å². The van der Waals surface area contributed by atoms with Gasteiger partial charge in [-0.3, -0.25) is 9.59 Å². The van der Waals surface area contributed by atoms with Gasteiger partial charge in [0.15, 0.2) is 0 Å². The molecule has 1 aromatic rings. The highest BCUT2D eigenvalue weighted by molar-refractivity contribution is 5.79. The summed E-state index contributed by atoms with van der Waals surface area (Å²) in [4.78, 5) is 22.9. The van der Waals surface area contributed by atoms with Gasteiger partial charge in [-0.25, -0.2) is 0 Å². The minimum Gasteiger partial charge on any atom is -0.481 e. The van der Waals surface area contributed by atoms with Crippen LogP contribution in [0.5, 0.6) is 0 Å². The highest BCUT2D eigenvalue weighted by Gasteiger charge is 2.30. The van der Waals surface area contributed by atoms with Crippen molar-refractivity contribution in [3.63, 3.8) is 0 Å². The van der Waals surface area contributed by atoms with Crippen LogP contribution in [0.25, 0.3) is 0 Å². The summed E-state index contributed by atoms with van der Waals surface area (Å²) in [7, 11) is 0. The number of carbonyl (C=O) groups excluding carboxylic acids is 1. The van der Waals surface area contributed by atoms with Gasteiger partial charge in [0, 0.05) is 6.04 Å². The smallest absolute Gasteiger partial charge is 0.306 e. The first-order chi connectivity index (χ1) is 9.60. The third-order valence-electron chi connectivity index (χ3n) is 4.00. The van der Waals surface area contributed by atoms with Gasteiger partial charge in [-0.05, 0) is 36.8 Å². The van der Waals surface area contributed by atoms with Crippen molar-refractivity contribution in [2.75, 3.05) is 0 Å². The van der Waals surface area contributed by atoms with E-state index in [0.717, 1.165) is 18.4 Å². The summed E-state index contributed by atoms with van der Waals surface area (Å²) in [5.41, 5.74) is 2.25. The third-order valence-corrected chi connectivity index (χ3v) is 4.00. The molecule has 20 heavy (non-hydrogen) atoms. The van der Waals surface area contributed by atoms with Gasteiger partial charge >= 0.3 is 5.97 Å². The van der Waals surface area contributed by atoms with E-state index < -0.39 is 5.97 Å². The second-order valence-electron chi connectivity index (χ2n) is 5.41. The molecule has 1 fully saturated rings. The molecule has 0 bridgehead atoms. The molecule has 2 N–H and O–H groups in total. The van der Waals surface area contributed by atoms with Crippen LogP contribution in [0, 0.1) is 5.92 Å². The Kier molecular flexibility index (Phi) is 4.77. The van der Waals surface area contributed by atoms with E-state index in [2.05, 4.69) is 12.2 Å². The van der Waals surface area contributed by atoms with E-state index in [1.165, 1.54) is 5.56 Å². The number of hydrogen-bond donors (Lipinski definition) is 2. The van der Waals surface area contributed by atoms with Crippen molar-refractivity contribution in [1.29, 1.82) is 0 Å². The number of aryl methyl sites for hydroxylation is 1. The Bertz CT molecular complexity index is 498. The summed E-state index contributed by atoms with van der Waals surface area (Å²) in [5.74, 6) is -1.07. The largest absolute Gasteiger partial charge is 0.481 e. The zero-order valence-corrected chi connectivity index (χ0v) is 11.8. The van der Waals surface area contributed by atoms with Crippen molar-refractivity contribution >= 4 is 11.9 Å². The number of carboxylic acid groups (broad SMARTS) is 1. The Morgan fingerprint density at radius 3 is 2.55 bits per heavy atom. The Morgan fingerprint density at radius 1 is 1.25 bits per heavy atom. The Labute approximate surface area is 119 Å². The van der Waals surface area contributed by atoms with E-state index >= 15 is 0 Å². The molecule has 4 heteroatoms. The van der Waals surface area contributed by atoms with Gasteiger partial charge in [0.2, 0.25) is 5.91 Å². The van der Waals surface area contributed by atoms with Gasteiger partial charge in [0.25, 0.3) is 0 Å². The van der Waals surface area contributed by atoms with E-state index in [9.17, 15) is 9.59 Å².